The standard InChI is InChI=1S/C23H29N3O3/c1-13(2)20-8-7-9-21(14(3)4)22(20)26-23(29)17-10-18(24-15(5)27)12-19(11-17)25-16(6)28/h7-14H,1-6H3,(H,24,27)(H,25,28)(H,26,29). The Bertz CT molecular complexity index is 872. The second kappa shape index (κ2) is 9.37. The van der Waals surface area contributed by atoms with E-state index in [9.17, 15) is 14.4 Å². The number of amides is 3. The van der Waals surface area contributed by atoms with Gasteiger partial charge in [-0.05, 0) is 41.2 Å². The largest absolute Gasteiger partial charge is 0.326 e. The first-order valence-corrected chi connectivity index (χ1v) is 9.73. The summed E-state index contributed by atoms with van der Waals surface area (Å²) in [5.74, 6) is -0.347. The molecule has 2 aromatic rings. The maximum absolute atomic E-state index is 13.1. The Morgan fingerprint density at radius 3 is 1.55 bits per heavy atom. The van der Waals surface area contributed by atoms with Crippen molar-refractivity contribution in [3.05, 3.63) is 53.1 Å². The second-order valence-corrected chi connectivity index (χ2v) is 7.74. The van der Waals surface area contributed by atoms with Gasteiger partial charge >= 0.3 is 0 Å². The lowest BCUT2D eigenvalue weighted by Gasteiger charge is -2.20. The van der Waals surface area contributed by atoms with Gasteiger partial charge in [0, 0.05) is 36.5 Å². The zero-order valence-corrected chi connectivity index (χ0v) is 17.8. The lowest BCUT2D eigenvalue weighted by molar-refractivity contribution is -0.115. The summed E-state index contributed by atoms with van der Waals surface area (Å²) in [5.41, 5.74) is 4.15. The van der Waals surface area contributed by atoms with Crippen LogP contribution in [0.2, 0.25) is 0 Å². The molecule has 0 aliphatic rings. The zero-order chi connectivity index (χ0) is 21.7. The molecule has 0 aliphatic heterocycles. The minimum absolute atomic E-state index is 0.240. The molecule has 154 valence electrons. The number of nitrogens with one attached hydrogen (secondary N) is 3. The third-order valence-electron chi connectivity index (χ3n) is 4.45. The van der Waals surface area contributed by atoms with Gasteiger partial charge < -0.3 is 16.0 Å². The van der Waals surface area contributed by atoms with E-state index in [1.54, 1.807) is 18.2 Å². The molecular weight excluding hydrogens is 366 g/mol. The molecule has 0 radical (unpaired) electrons. The molecule has 6 nitrogen and oxygen atoms in total. The number of para-hydroxylation sites is 1. The van der Waals surface area contributed by atoms with E-state index in [2.05, 4.69) is 43.6 Å². The van der Waals surface area contributed by atoms with Gasteiger partial charge in [0.05, 0.1) is 0 Å². The van der Waals surface area contributed by atoms with Gasteiger partial charge in [0.2, 0.25) is 11.8 Å². The van der Waals surface area contributed by atoms with Crippen LogP contribution in [0.3, 0.4) is 0 Å². The van der Waals surface area contributed by atoms with Crippen molar-refractivity contribution in [2.75, 3.05) is 16.0 Å². The van der Waals surface area contributed by atoms with Crippen molar-refractivity contribution in [2.24, 2.45) is 0 Å². The molecule has 0 fully saturated rings. The van der Waals surface area contributed by atoms with Crippen molar-refractivity contribution >= 4 is 34.8 Å². The van der Waals surface area contributed by atoms with Crippen molar-refractivity contribution in [3.8, 4) is 0 Å². The average molecular weight is 396 g/mol. The van der Waals surface area contributed by atoms with Crippen LogP contribution in [0.25, 0.3) is 0 Å². The third kappa shape index (κ3) is 5.91. The monoisotopic (exact) mass is 395 g/mol. The van der Waals surface area contributed by atoms with E-state index in [1.807, 2.05) is 18.2 Å². The van der Waals surface area contributed by atoms with Crippen LogP contribution in [0.5, 0.6) is 0 Å². The van der Waals surface area contributed by atoms with E-state index in [-0.39, 0.29) is 29.6 Å². The van der Waals surface area contributed by atoms with Gasteiger partial charge in [-0.3, -0.25) is 14.4 Å². The first kappa shape index (κ1) is 22.1. The minimum atomic E-state index is -0.307. The molecule has 6 heteroatoms. The van der Waals surface area contributed by atoms with Crippen LogP contribution in [-0.2, 0) is 9.59 Å². The van der Waals surface area contributed by atoms with Gasteiger partial charge in [0.15, 0.2) is 0 Å². The van der Waals surface area contributed by atoms with Gasteiger partial charge in [-0.25, -0.2) is 0 Å². The van der Waals surface area contributed by atoms with Crippen LogP contribution in [0.1, 0.15) is 74.9 Å². The molecule has 0 heterocycles. The summed E-state index contributed by atoms with van der Waals surface area (Å²) in [6.07, 6.45) is 0. The lowest BCUT2D eigenvalue weighted by atomic mass is 9.92. The van der Waals surface area contributed by atoms with Crippen molar-refractivity contribution in [2.45, 2.75) is 53.4 Å². The van der Waals surface area contributed by atoms with Crippen molar-refractivity contribution in [3.63, 3.8) is 0 Å². The van der Waals surface area contributed by atoms with Crippen LogP contribution in [0, 0.1) is 0 Å². The molecule has 0 saturated heterocycles. The Balaban J connectivity index is 2.47. The molecule has 2 aromatic carbocycles. The summed E-state index contributed by atoms with van der Waals surface area (Å²) in [6.45, 7) is 11.1. The molecule has 29 heavy (non-hydrogen) atoms. The van der Waals surface area contributed by atoms with Crippen LogP contribution in [0.4, 0.5) is 17.1 Å². The SMILES string of the molecule is CC(=O)Nc1cc(NC(C)=O)cc(C(=O)Nc2c(C(C)C)cccc2C(C)C)c1. The van der Waals surface area contributed by atoms with Crippen molar-refractivity contribution < 1.29 is 14.4 Å². The quantitative estimate of drug-likeness (QED) is 0.636. The summed E-state index contributed by atoms with van der Waals surface area (Å²) < 4.78 is 0. The molecule has 0 aliphatic carbocycles. The molecule has 0 aromatic heterocycles. The predicted octanol–water partition coefficient (Wildman–Crippen LogP) is 5.10. The Kier molecular flexibility index (Phi) is 7.15. The number of hydrogen-bond acceptors (Lipinski definition) is 3. The van der Waals surface area contributed by atoms with E-state index < -0.39 is 0 Å². The maximum atomic E-state index is 13.1. The summed E-state index contributed by atoms with van der Waals surface area (Å²) in [7, 11) is 0. The molecule has 0 unspecified atom stereocenters. The van der Waals surface area contributed by atoms with Crippen LogP contribution < -0.4 is 16.0 Å². The third-order valence-corrected chi connectivity index (χ3v) is 4.45. The van der Waals surface area contributed by atoms with E-state index >= 15 is 0 Å². The molecule has 3 amide bonds. The Morgan fingerprint density at radius 1 is 0.724 bits per heavy atom. The highest BCUT2D eigenvalue weighted by molar-refractivity contribution is 6.07. The fraction of sp³-hybridized carbons (Fsp3) is 0.348. The van der Waals surface area contributed by atoms with Crippen molar-refractivity contribution in [1.82, 2.24) is 0 Å². The first-order valence-electron chi connectivity index (χ1n) is 9.73. The average Bonchev–Trinajstić information content (AvgIpc) is 2.59. The molecular formula is C23H29N3O3. The number of rotatable bonds is 6. The number of carbonyl (C=O) groups excluding carboxylic acids is 3. The second-order valence-electron chi connectivity index (χ2n) is 7.74. The summed E-state index contributed by atoms with van der Waals surface area (Å²) in [5, 5.41) is 8.39. The Labute approximate surface area is 172 Å². The number of benzene rings is 2. The summed E-state index contributed by atoms with van der Waals surface area (Å²) >= 11 is 0. The predicted molar refractivity (Wildman–Crippen MR) is 118 cm³/mol. The van der Waals surface area contributed by atoms with E-state index in [4.69, 9.17) is 0 Å². The topological polar surface area (TPSA) is 87.3 Å². The van der Waals surface area contributed by atoms with E-state index in [0.29, 0.717) is 16.9 Å². The first-order chi connectivity index (χ1) is 13.6. The highest BCUT2D eigenvalue weighted by Crippen LogP contribution is 2.33. The molecule has 0 saturated carbocycles. The molecule has 3 N–H and O–H groups in total. The highest BCUT2D eigenvalue weighted by Gasteiger charge is 2.18. The minimum Gasteiger partial charge on any atom is -0.326 e. The van der Waals surface area contributed by atoms with Crippen LogP contribution in [-0.4, -0.2) is 17.7 Å². The van der Waals surface area contributed by atoms with E-state index in [0.717, 1.165) is 16.8 Å². The van der Waals surface area contributed by atoms with Gasteiger partial charge in [-0.2, -0.15) is 0 Å². The normalized spacial score (nSPS) is 10.8. The number of anilines is 3. The highest BCUT2D eigenvalue weighted by atomic mass is 16.2. The van der Waals surface area contributed by atoms with Crippen LogP contribution in [0.15, 0.2) is 36.4 Å². The summed E-state index contributed by atoms with van der Waals surface area (Å²) in [6, 6.07) is 10.8. The van der Waals surface area contributed by atoms with Gasteiger partial charge in [-0.1, -0.05) is 45.9 Å². The van der Waals surface area contributed by atoms with Crippen LogP contribution >= 0.6 is 0 Å². The van der Waals surface area contributed by atoms with Crippen molar-refractivity contribution in [1.29, 1.82) is 0 Å². The van der Waals surface area contributed by atoms with Gasteiger partial charge in [-0.15, -0.1) is 0 Å². The molecule has 0 bridgehead atoms. The molecule has 2 rings (SSSR count). The fourth-order valence-electron chi connectivity index (χ4n) is 3.19. The number of carbonyl (C=O) groups is 3. The van der Waals surface area contributed by atoms with E-state index in [1.165, 1.54) is 13.8 Å². The molecule has 0 spiro atoms. The fourth-order valence-corrected chi connectivity index (χ4v) is 3.19. The van der Waals surface area contributed by atoms with Gasteiger partial charge in [0.1, 0.15) is 0 Å². The smallest absolute Gasteiger partial charge is 0.255 e. The summed E-state index contributed by atoms with van der Waals surface area (Å²) in [4.78, 5) is 36.0. The Morgan fingerprint density at radius 2 is 1.17 bits per heavy atom. The van der Waals surface area contributed by atoms with Gasteiger partial charge in [0.25, 0.3) is 5.91 Å². The zero-order valence-electron chi connectivity index (χ0n) is 17.8. The Hall–Kier alpha value is -3.15. The molecule has 0 atom stereocenters. The maximum Gasteiger partial charge on any atom is 0.255 e. The number of hydrogen-bond donors (Lipinski definition) is 3. The lowest BCUT2D eigenvalue weighted by Crippen LogP contribution is -2.17.